The molecule has 3 heterocycles. The number of aromatic nitrogens is 3. The van der Waals surface area contributed by atoms with Gasteiger partial charge in [-0.2, -0.15) is 5.10 Å². The van der Waals surface area contributed by atoms with E-state index in [1.807, 2.05) is 41.4 Å². The van der Waals surface area contributed by atoms with E-state index >= 15 is 0 Å². The molecule has 23 heavy (non-hydrogen) atoms. The lowest BCUT2D eigenvalue weighted by atomic mass is 10.0. The smallest absolute Gasteiger partial charge is 0.254 e. The highest BCUT2D eigenvalue weighted by Crippen LogP contribution is 2.29. The lowest BCUT2D eigenvalue weighted by Gasteiger charge is -2.17. The van der Waals surface area contributed by atoms with E-state index in [-0.39, 0.29) is 5.91 Å². The van der Waals surface area contributed by atoms with Gasteiger partial charge in [-0.25, -0.2) is 0 Å². The van der Waals surface area contributed by atoms with E-state index in [9.17, 15) is 4.79 Å². The van der Waals surface area contributed by atoms with Crippen LogP contribution in [0.15, 0.2) is 42.7 Å². The Morgan fingerprint density at radius 1 is 1.30 bits per heavy atom. The number of hydrogen-bond acceptors (Lipinski definition) is 3. The number of nitrogens with zero attached hydrogens (tertiary/aromatic N) is 3. The van der Waals surface area contributed by atoms with E-state index in [2.05, 4.69) is 22.1 Å². The standard InChI is InChI=1S/C18H18N4O/c1-12-10-20-21-17(12)13-7-9-22(11-13)18(23)15-4-2-6-16-14(15)5-3-8-19-16/h2-6,8,10,13H,7,9,11H2,1H3,(H,20,21). The third kappa shape index (κ3) is 2.38. The molecule has 1 amide bonds. The average Bonchev–Trinajstić information content (AvgIpc) is 3.22. The van der Waals surface area contributed by atoms with Crippen LogP contribution >= 0.6 is 0 Å². The number of aryl methyl sites for hydroxylation is 1. The molecule has 5 heteroatoms. The van der Waals surface area contributed by atoms with Crippen molar-refractivity contribution in [1.29, 1.82) is 0 Å². The molecular weight excluding hydrogens is 288 g/mol. The molecule has 0 bridgehead atoms. The highest BCUT2D eigenvalue weighted by molar-refractivity contribution is 6.06. The van der Waals surface area contributed by atoms with Gasteiger partial charge >= 0.3 is 0 Å². The van der Waals surface area contributed by atoms with Gasteiger partial charge in [0.2, 0.25) is 0 Å². The van der Waals surface area contributed by atoms with Crippen molar-refractivity contribution in [2.24, 2.45) is 0 Å². The van der Waals surface area contributed by atoms with Crippen LogP contribution in [0.2, 0.25) is 0 Å². The van der Waals surface area contributed by atoms with Gasteiger partial charge in [-0.05, 0) is 37.1 Å². The van der Waals surface area contributed by atoms with Gasteiger partial charge in [0.1, 0.15) is 0 Å². The Hall–Kier alpha value is -2.69. The molecule has 1 N–H and O–H groups in total. The van der Waals surface area contributed by atoms with Crippen molar-refractivity contribution in [2.45, 2.75) is 19.3 Å². The Bertz CT molecular complexity index is 865. The van der Waals surface area contributed by atoms with E-state index in [4.69, 9.17) is 0 Å². The summed E-state index contributed by atoms with van der Waals surface area (Å²) >= 11 is 0. The van der Waals surface area contributed by atoms with Gasteiger partial charge in [0.05, 0.1) is 11.7 Å². The van der Waals surface area contributed by atoms with Crippen LogP contribution in [0, 0.1) is 6.92 Å². The minimum absolute atomic E-state index is 0.0864. The van der Waals surface area contributed by atoms with Crippen LogP contribution in [0.4, 0.5) is 0 Å². The number of pyridine rings is 1. The summed E-state index contributed by atoms with van der Waals surface area (Å²) in [4.78, 5) is 19.2. The second-order valence-corrected chi connectivity index (χ2v) is 6.08. The summed E-state index contributed by atoms with van der Waals surface area (Å²) in [6.45, 7) is 3.57. The summed E-state index contributed by atoms with van der Waals surface area (Å²) in [7, 11) is 0. The zero-order valence-electron chi connectivity index (χ0n) is 13.0. The van der Waals surface area contributed by atoms with Gasteiger partial charge in [-0.1, -0.05) is 12.1 Å². The Morgan fingerprint density at radius 3 is 3.04 bits per heavy atom. The Kier molecular flexibility index (Phi) is 3.33. The number of H-pyrrole nitrogens is 1. The van der Waals surface area contributed by atoms with Crippen LogP contribution in [-0.4, -0.2) is 39.1 Å². The molecule has 1 saturated heterocycles. The summed E-state index contributed by atoms with van der Waals surface area (Å²) < 4.78 is 0. The highest BCUT2D eigenvalue weighted by Gasteiger charge is 2.30. The molecule has 4 rings (SSSR count). The molecule has 1 fully saturated rings. The molecule has 1 atom stereocenters. The third-order valence-electron chi connectivity index (χ3n) is 4.63. The van der Waals surface area contributed by atoms with Crippen LogP contribution in [0.25, 0.3) is 10.9 Å². The third-order valence-corrected chi connectivity index (χ3v) is 4.63. The maximum Gasteiger partial charge on any atom is 0.254 e. The molecular formula is C18H18N4O. The van der Waals surface area contributed by atoms with Crippen molar-refractivity contribution >= 4 is 16.8 Å². The summed E-state index contributed by atoms with van der Waals surface area (Å²) in [5.41, 5.74) is 3.91. The first-order valence-corrected chi connectivity index (χ1v) is 7.87. The van der Waals surface area contributed by atoms with Gasteiger partial charge in [-0.3, -0.25) is 14.9 Å². The number of rotatable bonds is 2. The second kappa shape index (κ2) is 5.50. The van der Waals surface area contributed by atoms with Crippen molar-refractivity contribution in [3.8, 4) is 0 Å². The minimum Gasteiger partial charge on any atom is -0.338 e. The molecule has 0 radical (unpaired) electrons. The first-order chi connectivity index (χ1) is 11.2. The van der Waals surface area contributed by atoms with Gasteiger partial charge in [0.25, 0.3) is 5.91 Å². The molecule has 3 aromatic rings. The molecule has 1 unspecified atom stereocenters. The van der Waals surface area contributed by atoms with Crippen molar-refractivity contribution in [3.63, 3.8) is 0 Å². The molecule has 0 saturated carbocycles. The fourth-order valence-electron chi connectivity index (χ4n) is 3.41. The van der Waals surface area contributed by atoms with Gasteiger partial charge in [-0.15, -0.1) is 0 Å². The molecule has 2 aromatic heterocycles. The van der Waals surface area contributed by atoms with Crippen LogP contribution < -0.4 is 0 Å². The number of amides is 1. The van der Waals surface area contributed by atoms with Gasteiger partial charge in [0, 0.05) is 41.8 Å². The summed E-state index contributed by atoms with van der Waals surface area (Å²) in [6.07, 6.45) is 4.57. The zero-order valence-corrected chi connectivity index (χ0v) is 13.0. The van der Waals surface area contributed by atoms with Gasteiger partial charge in [0.15, 0.2) is 0 Å². The maximum atomic E-state index is 12.9. The number of likely N-dealkylation sites (tertiary alicyclic amines) is 1. The first kappa shape index (κ1) is 13.9. The van der Waals surface area contributed by atoms with E-state index in [0.717, 1.165) is 41.7 Å². The van der Waals surface area contributed by atoms with Crippen LogP contribution in [0.5, 0.6) is 0 Å². The molecule has 1 aromatic carbocycles. The van der Waals surface area contributed by atoms with Crippen LogP contribution in [0.3, 0.4) is 0 Å². The molecule has 5 nitrogen and oxygen atoms in total. The topological polar surface area (TPSA) is 61.9 Å². The number of fused-ring (bicyclic) bond motifs is 1. The number of carbonyl (C=O) groups is 1. The van der Waals surface area contributed by atoms with Crippen LogP contribution in [-0.2, 0) is 0 Å². The average molecular weight is 306 g/mol. The largest absolute Gasteiger partial charge is 0.338 e. The van der Waals surface area contributed by atoms with Gasteiger partial charge < -0.3 is 4.90 Å². The highest BCUT2D eigenvalue weighted by atomic mass is 16.2. The zero-order chi connectivity index (χ0) is 15.8. The lowest BCUT2D eigenvalue weighted by molar-refractivity contribution is 0.0792. The molecule has 1 aliphatic heterocycles. The lowest BCUT2D eigenvalue weighted by Crippen LogP contribution is -2.28. The van der Waals surface area contributed by atoms with E-state index in [1.165, 1.54) is 5.56 Å². The van der Waals surface area contributed by atoms with Crippen molar-refractivity contribution in [3.05, 3.63) is 59.5 Å². The molecule has 116 valence electrons. The number of carbonyl (C=O) groups excluding carboxylic acids is 1. The van der Waals surface area contributed by atoms with Crippen molar-refractivity contribution < 1.29 is 4.79 Å². The molecule has 0 aliphatic carbocycles. The monoisotopic (exact) mass is 306 g/mol. The summed E-state index contributed by atoms with van der Waals surface area (Å²) in [6, 6.07) is 9.56. The Morgan fingerprint density at radius 2 is 2.22 bits per heavy atom. The molecule has 0 spiro atoms. The summed E-state index contributed by atoms with van der Waals surface area (Å²) in [5, 5.41) is 8.09. The second-order valence-electron chi connectivity index (χ2n) is 6.08. The SMILES string of the molecule is Cc1cn[nH]c1C1CCN(C(=O)c2cccc3ncccc23)C1. The van der Waals surface area contributed by atoms with E-state index < -0.39 is 0 Å². The van der Waals surface area contributed by atoms with Crippen molar-refractivity contribution in [1.82, 2.24) is 20.1 Å². The fourth-order valence-corrected chi connectivity index (χ4v) is 3.41. The molecule has 1 aliphatic rings. The van der Waals surface area contributed by atoms with Crippen molar-refractivity contribution in [2.75, 3.05) is 13.1 Å². The number of nitrogens with one attached hydrogen (secondary N) is 1. The van der Waals surface area contributed by atoms with E-state index in [0.29, 0.717) is 5.92 Å². The fraction of sp³-hybridized carbons (Fsp3) is 0.278. The number of hydrogen-bond donors (Lipinski definition) is 1. The van der Waals surface area contributed by atoms with E-state index in [1.54, 1.807) is 6.20 Å². The normalized spacial score (nSPS) is 17.8. The predicted octanol–water partition coefficient (Wildman–Crippen LogP) is 2.90. The summed E-state index contributed by atoms with van der Waals surface area (Å²) in [5.74, 6) is 0.429. The number of benzene rings is 1. The minimum atomic E-state index is 0.0864. The first-order valence-electron chi connectivity index (χ1n) is 7.87. The van der Waals surface area contributed by atoms with Crippen LogP contribution in [0.1, 0.15) is 34.0 Å². The quantitative estimate of drug-likeness (QED) is 0.792. The Labute approximate surface area is 134 Å². The predicted molar refractivity (Wildman–Crippen MR) is 88.3 cm³/mol. The maximum absolute atomic E-state index is 12.9. The Balaban J connectivity index is 1.61. The number of aromatic amines is 1.